The van der Waals surface area contributed by atoms with Gasteiger partial charge in [0.05, 0.1) is 32.7 Å². The first-order valence-electron chi connectivity index (χ1n) is 15.8. The minimum Gasteiger partial charge on any atom is -0.493 e. The molecule has 12 heteroatoms. The predicted octanol–water partition coefficient (Wildman–Crippen LogP) is 5.11. The molecule has 0 radical (unpaired) electrons. The van der Waals surface area contributed by atoms with E-state index in [4.69, 9.17) is 18.6 Å². The number of anilines is 3. The van der Waals surface area contributed by atoms with E-state index in [1.165, 1.54) is 27.4 Å². The molecule has 2 aromatic heterocycles. The van der Waals surface area contributed by atoms with Gasteiger partial charge in [0.25, 0.3) is 17.4 Å². The third-order valence-electron chi connectivity index (χ3n) is 9.14. The van der Waals surface area contributed by atoms with E-state index >= 15 is 0 Å². The molecule has 4 heterocycles. The lowest BCUT2D eigenvalue weighted by Crippen LogP contribution is -2.47. The van der Waals surface area contributed by atoms with Crippen LogP contribution in [0.15, 0.2) is 92.9 Å². The molecule has 2 aliphatic rings. The lowest BCUT2D eigenvalue weighted by Gasteiger charge is -2.44. The fraction of sp³-hybridized carbons (Fsp3) is 0.243. The first-order valence-corrected chi connectivity index (χ1v) is 15.8. The Balaban J connectivity index is 1.24. The molecular weight excluding hydrogens is 628 g/mol. The van der Waals surface area contributed by atoms with Crippen molar-refractivity contribution in [2.45, 2.75) is 18.9 Å². The van der Waals surface area contributed by atoms with Crippen LogP contribution in [0.4, 0.5) is 17.1 Å². The fourth-order valence-electron chi connectivity index (χ4n) is 6.91. The molecule has 0 spiro atoms. The maximum Gasteiger partial charge on any atom is 0.349 e. The summed E-state index contributed by atoms with van der Waals surface area (Å²) in [6.45, 7) is 1.82. The smallest absolute Gasteiger partial charge is 0.349 e. The SMILES string of the molecule is COc1cc(NC(=O)c2ccc(N3C[C@H]4C[C@@H](C3)c3cccc(=O)n3C4)c(NC(=O)c3cc4ccccc4oc3=O)c2)cc(OC)c1OC. The van der Waals surface area contributed by atoms with Crippen LogP contribution >= 0.6 is 0 Å². The summed E-state index contributed by atoms with van der Waals surface area (Å²) >= 11 is 0. The highest BCUT2D eigenvalue weighted by Crippen LogP contribution is 2.41. The normalized spacial score (nSPS) is 16.4. The standard InChI is InChI=1S/C37H34N4O8/c1-46-31-16-25(17-32(47-2)34(31)48-3)38-35(43)23-11-12-29(40-18-21-13-24(20-40)28-8-6-10-33(42)41(28)19-21)27(15-23)39-36(44)26-14-22-7-4-5-9-30(22)49-37(26)45/h4-12,14-17,21,24H,13,18-20H2,1-3H3,(H,38,43)(H,39,44)/t21-,24+/m1/s1. The van der Waals surface area contributed by atoms with Gasteiger partial charge >= 0.3 is 5.63 Å². The molecule has 1 fully saturated rings. The van der Waals surface area contributed by atoms with E-state index in [0.717, 1.165) is 12.1 Å². The van der Waals surface area contributed by atoms with Crippen molar-refractivity contribution in [3.63, 3.8) is 0 Å². The molecule has 2 amide bonds. The minimum absolute atomic E-state index is 0.00900. The molecule has 49 heavy (non-hydrogen) atoms. The average molecular weight is 663 g/mol. The van der Waals surface area contributed by atoms with Crippen molar-refractivity contribution in [3.8, 4) is 17.2 Å². The Bertz CT molecular complexity index is 2200. The van der Waals surface area contributed by atoms with Crippen molar-refractivity contribution in [2.75, 3.05) is 50.0 Å². The quantitative estimate of drug-likeness (QED) is 0.217. The number of amides is 2. The van der Waals surface area contributed by atoms with Crippen molar-refractivity contribution in [1.82, 2.24) is 4.57 Å². The molecule has 0 saturated carbocycles. The maximum atomic E-state index is 13.7. The maximum absolute atomic E-state index is 13.7. The first-order chi connectivity index (χ1) is 23.8. The number of pyridine rings is 1. The van der Waals surface area contributed by atoms with Crippen LogP contribution in [0.1, 0.15) is 38.7 Å². The highest BCUT2D eigenvalue weighted by atomic mass is 16.5. The van der Waals surface area contributed by atoms with Crippen molar-refractivity contribution in [1.29, 1.82) is 0 Å². The van der Waals surface area contributed by atoms with E-state index in [2.05, 4.69) is 15.5 Å². The molecule has 0 unspecified atom stereocenters. The van der Waals surface area contributed by atoms with Crippen molar-refractivity contribution in [2.24, 2.45) is 5.92 Å². The second-order valence-electron chi connectivity index (χ2n) is 12.1. The topological polar surface area (TPSA) is 141 Å². The molecule has 12 nitrogen and oxygen atoms in total. The van der Waals surface area contributed by atoms with Gasteiger partial charge in [0.1, 0.15) is 11.1 Å². The summed E-state index contributed by atoms with van der Waals surface area (Å²) in [5.74, 6) is 0.297. The van der Waals surface area contributed by atoms with Crippen LogP contribution in [0.25, 0.3) is 11.0 Å². The summed E-state index contributed by atoms with van der Waals surface area (Å²) in [5, 5.41) is 6.37. The fourth-order valence-corrected chi connectivity index (χ4v) is 6.91. The Morgan fingerprint density at radius 1 is 0.796 bits per heavy atom. The highest BCUT2D eigenvalue weighted by molar-refractivity contribution is 6.09. The third-order valence-corrected chi connectivity index (χ3v) is 9.14. The van der Waals surface area contributed by atoms with Gasteiger partial charge in [0.15, 0.2) is 11.5 Å². The summed E-state index contributed by atoms with van der Waals surface area (Å²) in [4.78, 5) is 55.0. The molecule has 1 saturated heterocycles. The monoisotopic (exact) mass is 662 g/mol. The number of carbonyl (C=O) groups excluding carboxylic acids is 2. The molecular formula is C37H34N4O8. The minimum atomic E-state index is -0.774. The molecule has 2 atom stereocenters. The predicted molar refractivity (Wildman–Crippen MR) is 185 cm³/mol. The first kappa shape index (κ1) is 31.6. The van der Waals surface area contributed by atoms with E-state index in [1.807, 2.05) is 10.6 Å². The van der Waals surface area contributed by atoms with Gasteiger partial charge in [-0.15, -0.1) is 0 Å². The number of carbonyl (C=O) groups is 2. The number of hydrogen-bond acceptors (Lipinski definition) is 9. The third kappa shape index (κ3) is 5.97. The number of benzene rings is 3. The second kappa shape index (κ2) is 12.9. The Kier molecular flexibility index (Phi) is 8.29. The second-order valence-corrected chi connectivity index (χ2v) is 12.1. The van der Waals surface area contributed by atoms with Crippen molar-refractivity contribution < 1.29 is 28.2 Å². The van der Waals surface area contributed by atoms with E-state index in [0.29, 0.717) is 64.9 Å². The van der Waals surface area contributed by atoms with Crippen molar-refractivity contribution in [3.05, 3.63) is 116 Å². The highest BCUT2D eigenvalue weighted by Gasteiger charge is 2.35. The van der Waals surface area contributed by atoms with Crippen LogP contribution in [0.2, 0.25) is 0 Å². The number of piperidine rings is 1. The molecule has 2 aliphatic heterocycles. The zero-order valence-corrected chi connectivity index (χ0v) is 27.1. The molecule has 5 aromatic rings. The summed E-state index contributed by atoms with van der Waals surface area (Å²) in [5.41, 5.74) is 2.09. The van der Waals surface area contributed by atoms with Crippen LogP contribution in [0.5, 0.6) is 17.2 Å². The molecule has 2 bridgehead atoms. The lowest BCUT2D eigenvalue weighted by atomic mass is 9.83. The Hall–Kier alpha value is -6.04. The number of rotatable bonds is 8. The number of methoxy groups -OCH3 is 3. The van der Waals surface area contributed by atoms with Crippen LogP contribution in [0.3, 0.4) is 0 Å². The summed E-state index contributed by atoms with van der Waals surface area (Å²) in [7, 11) is 4.46. The summed E-state index contributed by atoms with van der Waals surface area (Å²) in [6.07, 6.45) is 0.940. The largest absolute Gasteiger partial charge is 0.493 e. The summed E-state index contributed by atoms with van der Waals surface area (Å²) < 4.78 is 23.5. The van der Waals surface area contributed by atoms with Gasteiger partial charge in [-0.1, -0.05) is 24.3 Å². The van der Waals surface area contributed by atoms with Crippen LogP contribution in [0, 0.1) is 5.92 Å². The average Bonchev–Trinajstić information content (AvgIpc) is 3.11. The van der Waals surface area contributed by atoms with E-state index in [9.17, 15) is 19.2 Å². The van der Waals surface area contributed by atoms with Gasteiger partial charge in [-0.25, -0.2) is 4.79 Å². The zero-order valence-electron chi connectivity index (χ0n) is 27.1. The van der Waals surface area contributed by atoms with E-state index < -0.39 is 17.4 Å². The molecule has 0 aliphatic carbocycles. The van der Waals surface area contributed by atoms with E-state index in [1.54, 1.807) is 66.7 Å². The van der Waals surface area contributed by atoms with Gasteiger partial charge in [0.2, 0.25) is 5.75 Å². The Morgan fingerprint density at radius 2 is 1.57 bits per heavy atom. The zero-order chi connectivity index (χ0) is 34.2. The van der Waals surface area contributed by atoms with Crippen LogP contribution in [-0.4, -0.2) is 50.8 Å². The number of fused-ring (bicyclic) bond motifs is 5. The molecule has 7 rings (SSSR count). The molecule has 3 aromatic carbocycles. The van der Waals surface area contributed by atoms with Crippen molar-refractivity contribution >= 4 is 39.8 Å². The Morgan fingerprint density at radius 3 is 2.33 bits per heavy atom. The van der Waals surface area contributed by atoms with Crippen LogP contribution < -0.4 is 40.9 Å². The van der Waals surface area contributed by atoms with Gasteiger partial charge in [-0.05, 0) is 48.7 Å². The van der Waals surface area contributed by atoms with E-state index in [-0.39, 0.29) is 28.5 Å². The number of aromatic nitrogens is 1. The van der Waals surface area contributed by atoms with Gasteiger partial charge < -0.3 is 38.7 Å². The lowest BCUT2D eigenvalue weighted by molar-refractivity contribution is 0.101. The van der Waals surface area contributed by atoms with Crippen LogP contribution in [-0.2, 0) is 6.54 Å². The molecule has 2 N–H and O–H groups in total. The molecule has 250 valence electrons. The number of hydrogen-bond donors (Lipinski definition) is 2. The van der Waals surface area contributed by atoms with Gasteiger partial charge in [-0.2, -0.15) is 0 Å². The number of para-hydroxylation sites is 1. The number of ether oxygens (including phenoxy) is 3. The summed E-state index contributed by atoms with van der Waals surface area (Å²) in [6, 6.07) is 22.1. The van der Waals surface area contributed by atoms with Gasteiger partial charge in [0, 0.05) is 66.1 Å². The van der Waals surface area contributed by atoms with Gasteiger partial charge in [-0.3, -0.25) is 14.4 Å². The number of nitrogens with one attached hydrogen (secondary N) is 2. The number of nitrogens with zero attached hydrogens (tertiary/aromatic N) is 2. The Labute approximate surface area is 280 Å².